The van der Waals surface area contributed by atoms with E-state index in [1.165, 1.54) is 4.90 Å². The van der Waals surface area contributed by atoms with Gasteiger partial charge in [-0.1, -0.05) is 22.0 Å². The third kappa shape index (κ3) is 6.77. The second-order valence-electron chi connectivity index (χ2n) is 6.72. The van der Waals surface area contributed by atoms with Crippen LogP contribution in [0.15, 0.2) is 53.1 Å². The largest absolute Gasteiger partial charge is 0.491 e. The molecule has 2 aromatic rings. The van der Waals surface area contributed by atoms with Crippen molar-refractivity contribution in [3.05, 3.63) is 53.1 Å². The number of ether oxygens (including phenoxy) is 2. The normalized spacial score (nSPS) is 16.3. The molecule has 1 atom stereocenters. The Bertz CT molecular complexity index is 664. The van der Waals surface area contributed by atoms with Crippen molar-refractivity contribution >= 4 is 21.7 Å². The Morgan fingerprint density at radius 3 is 2.59 bits per heavy atom. The van der Waals surface area contributed by atoms with Gasteiger partial charge in [0.25, 0.3) is 5.82 Å². The van der Waals surface area contributed by atoms with Crippen molar-refractivity contribution in [3.8, 4) is 5.75 Å². The summed E-state index contributed by atoms with van der Waals surface area (Å²) in [4.78, 5) is 7.05. The number of nitrogens with one attached hydrogen (secondary N) is 2. The van der Waals surface area contributed by atoms with Gasteiger partial charge in [-0.25, -0.2) is 4.98 Å². The number of aliphatic hydroxyl groups excluding tert-OH is 1. The number of aromatic nitrogens is 1. The number of benzene rings is 1. The molecule has 1 fully saturated rings. The minimum absolute atomic E-state index is 0.351. The third-order valence-corrected chi connectivity index (χ3v) is 5.18. The van der Waals surface area contributed by atoms with Crippen LogP contribution in [-0.4, -0.2) is 63.8 Å². The number of hydrogen-bond acceptors (Lipinski definition) is 4. The van der Waals surface area contributed by atoms with E-state index in [1.807, 2.05) is 42.6 Å². The summed E-state index contributed by atoms with van der Waals surface area (Å²) in [5, 5.41) is 10.2. The summed E-state index contributed by atoms with van der Waals surface area (Å²) in [6.07, 6.45) is 1.51. The maximum absolute atomic E-state index is 10.2. The van der Waals surface area contributed by atoms with Crippen molar-refractivity contribution < 1.29 is 24.5 Å². The first-order valence-electron chi connectivity index (χ1n) is 9.40. The number of quaternary nitrogens is 1. The smallest absolute Gasteiger partial charge is 0.274 e. The van der Waals surface area contributed by atoms with Crippen LogP contribution in [0.2, 0.25) is 0 Å². The second kappa shape index (κ2) is 10.6. The van der Waals surface area contributed by atoms with Gasteiger partial charge in [-0.2, -0.15) is 0 Å². The highest BCUT2D eigenvalue weighted by molar-refractivity contribution is 9.10. The monoisotopic (exact) mass is 437 g/mol. The quantitative estimate of drug-likeness (QED) is 0.558. The van der Waals surface area contributed by atoms with Crippen molar-refractivity contribution in [1.82, 2.24) is 0 Å². The number of aliphatic hydroxyl groups is 1. The van der Waals surface area contributed by atoms with Crippen molar-refractivity contribution in [2.45, 2.75) is 6.10 Å². The predicted molar refractivity (Wildman–Crippen MR) is 107 cm³/mol. The number of piperazine rings is 1. The van der Waals surface area contributed by atoms with Crippen LogP contribution in [-0.2, 0) is 4.74 Å². The highest BCUT2D eigenvalue weighted by Crippen LogP contribution is 2.15. The average molecular weight is 438 g/mol. The van der Waals surface area contributed by atoms with E-state index in [0.29, 0.717) is 19.8 Å². The summed E-state index contributed by atoms with van der Waals surface area (Å²) in [5.74, 6) is 1.98. The predicted octanol–water partition coefficient (Wildman–Crippen LogP) is 0.425. The van der Waals surface area contributed by atoms with Gasteiger partial charge in [0.15, 0.2) is 0 Å². The summed E-state index contributed by atoms with van der Waals surface area (Å²) in [6.45, 7) is 6.05. The molecule has 0 aliphatic carbocycles. The Hall–Kier alpha value is -1.67. The Morgan fingerprint density at radius 1 is 1.11 bits per heavy atom. The molecule has 1 aliphatic rings. The Kier molecular flexibility index (Phi) is 7.89. The van der Waals surface area contributed by atoms with Crippen LogP contribution in [0, 0.1) is 0 Å². The third-order valence-electron chi connectivity index (χ3n) is 4.65. The topological polar surface area (TPSA) is 60.5 Å². The van der Waals surface area contributed by atoms with E-state index in [0.717, 1.165) is 48.8 Å². The summed E-state index contributed by atoms with van der Waals surface area (Å²) in [7, 11) is 0. The highest BCUT2D eigenvalue weighted by Gasteiger charge is 2.27. The lowest BCUT2D eigenvalue weighted by molar-refractivity contribution is -0.903. The molecule has 0 unspecified atom stereocenters. The maximum Gasteiger partial charge on any atom is 0.274 e. The molecule has 3 rings (SSSR count). The summed E-state index contributed by atoms with van der Waals surface area (Å²) in [6, 6.07) is 13.8. The van der Waals surface area contributed by atoms with Gasteiger partial charge in [-0.3, -0.25) is 4.90 Å². The van der Waals surface area contributed by atoms with Crippen LogP contribution in [0.3, 0.4) is 0 Å². The van der Waals surface area contributed by atoms with E-state index >= 15 is 0 Å². The van der Waals surface area contributed by atoms with Gasteiger partial charge in [-0.05, 0) is 30.3 Å². The van der Waals surface area contributed by atoms with Crippen LogP contribution in [0.5, 0.6) is 5.75 Å². The van der Waals surface area contributed by atoms with Gasteiger partial charge in [0.05, 0.1) is 19.4 Å². The molecule has 0 spiro atoms. The fourth-order valence-corrected chi connectivity index (χ4v) is 3.47. The molecule has 0 bridgehead atoms. The van der Waals surface area contributed by atoms with Crippen LogP contribution < -0.4 is 19.5 Å². The molecule has 3 N–H and O–H groups in total. The van der Waals surface area contributed by atoms with E-state index in [2.05, 4.69) is 31.9 Å². The first kappa shape index (κ1) is 20.1. The average Bonchev–Trinajstić information content (AvgIpc) is 2.70. The van der Waals surface area contributed by atoms with Crippen molar-refractivity contribution in [2.75, 3.05) is 57.4 Å². The van der Waals surface area contributed by atoms with Gasteiger partial charge >= 0.3 is 0 Å². The molecule has 0 radical (unpaired) electrons. The molecule has 1 saturated heterocycles. The second-order valence-corrected chi connectivity index (χ2v) is 7.64. The number of nitrogens with zero attached hydrogens (tertiary/aromatic N) is 1. The van der Waals surface area contributed by atoms with Crippen molar-refractivity contribution in [1.29, 1.82) is 0 Å². The number of rotatable bonds is 9. The molecule has 1 aromatic carbocycles. The van der Waals surface area contributed by atoms with Crippen molar-refractivity contribution in [3.63, 3.8) is 0 Å². The Morgan fingerprint density at radius 2 is 1.89 bits per heavy atom. The van der Waals surface area contributed by atoms with Gasteiger partial charge in [0, 0.05) is 10.5 Å². The Balaban J connectivity index is 1.26. The summed E-state index contributed by atoms with van der Waals surface area (Å²) in [5.41, 5.74) is 0. The number of aromatic amines is 1. The highest BCUT2D eigenvalue weighted by atomic mass is 79.9. The number of anilines is 1. The van der Waals surface area contributed by atoms with Crippen molar-refractivity contribution in [2.24, 2.45) is 0 Å². The molecule has 2 heterocycles. The zero-order valence-corrected chi connectivity index (χ0v) is 17.0. The fourth-order valence-electron chi connectivity index (χ4n) is 3.21. The van der Waals surface area contributed by atoms with Crippen LogP contribution in [0.25, 0.3) is 0 Å². The minimum atomic E-state index is -0.442. The lowest BCUT2D eigenvalue weighted by Crippen LogP contribution is -3.16. The maximum atomic E-state index is 10.2. The molecular weight excluding hydrogens is 410 g/mol. The van der Waals surface area contributed by atoms with Crippen LogP contribution in [0.4, 0.5) is 5.82 Å². The summed E-state index contributed by atoms with van der Waals surface area (Å²) < 4.78 is 12.2. The van der Waals surface area contributed by atoms with E-state index in [-0.39, 0.29) is 0 Å². The fraction of sp³-hybridized carbons (Fsp3) is 0.450. The molecule has 7 heteroatoms. The zero-order chi connectivity index (χ0) is 18.9. The van der Waals surface area contributed by atoms with E-state index in [1.54, 1.807) is 0 Å². The van der Waals surface area contributed by atoms with Gasteiger partial charge in [-0.15, -0.1) is 0 Å². The van der Waals surface area contributed by atoms with Gasteiger partial charge in [0.2, 0.25) is 0 Å². The van der Waals surface area contributed by atoms with Gasteiger partial charge in [0.1, 0.15) is 51.2 Å². The first-order chi connectivity index (χ1) is 13.2. The molecular formula is C20H28BrN3O3+2. The van der Waals surface area contributed by atoms with Crippen LogP contribution in [0.1, 0.15) is 0 Å². The molecule has 6 nitrogen and oxygen atoms in total. The molecule has 27 heavy (non-hydrogen) atoms. The number of H-pyrrole nitrogens is 1. The van der Waals surface area contributed by atoms with Gasteiger partial charge < -0.3 is 19.5 Å². The standard InChI is InChI=1S/C20H26BrN3O3/c21-17-4-6-19(7-5-17)27-14-13-26-16-18(25)15-23-9-11-24(12-10-23)20-3-1-2-8-22-20/h1-8,18,25H,9-16H2/p+2/t18-/m0/s1. The zero-order valence-electron chi connectivity index (χ0n) is 15.4. The number of hydrogen-bond donors (Lipinski definition) is 2. The Labute approximate surface area is 168 Å². The van der Waals surface area contributed by atoms with E-state index < -0.39 is 6.10 Å². The molecule has 0 amide bonds. The molecule has 1 aromatic heterocycles. The number of halogens is 1. The lowest BCUT2D eigenvalue weighted by Gasteiger charge is -2.29. The molecule has 0 saturated carbocycles. The van der Waals surface area contributed by atoms with E-state index in [9.17, 15) is 5.11 Å². The minimum Gasteiger partial charge on any atom is -0.491 e. The first-order valence-corrected chi connectivity index (χ1v) is 10.2. The number of pyridine rings is 1. The van der Waals surface area contributed by atoms with E-state index in [4.69, 9.17) is 9.47 Å². The molecule has 146 valence electrons. The summed E-state index contributed by atoms with van der Waals surface area (Å²) >= 11 is 3.40. The van der Waals surface area contributed by atoms with Crippen LogP contribution >= 0.6 is 15.9 Å². The molecule has 1 aliphatic heterocycles. The SMILES string of the molecule is O[C@H](COCCOc1ccc(Br)cc1)C[NH+]1CCN(c2cccc[nH+]2)CC1. The lowest BCUT2D eigenvalue weighted by atomic mass is 10.2.